The molecule has 1 aromatic rings. The van der Waals surface area contributed by atoms with E-state index in [9.17, 15) is 9.50 Å². The summed E-state index contributed by atoms with van der Waals surface area (Å²) in [6.07, 6.45) is -1.04. The molecule has 1 rings (SSSR count). The van der Waals surface area contributed by atoms with E-state index >= 15 is 0 Å². The third kappa shape index (κ3) is 2.23. The second kappa shape index (κ2) is 3.58. The minimum atomic E-state index is -1.04. The molecule has 0 spiro atoms. The van der Waals surface area contributed by atoms with E-state index in [1.807, 2.05) is 0 Å². The Kier molecular flexibility index (Phi) is 2.81. The summed E-state index contributed by atoms with van der Waals surface area (Å²) in [5, 5.41) is 9.55. The summed E-state index contributed by atoms with van der Waals surface area (Å²) in [6.45, 7) is 5.00. The molecule has 3 N–H and O–H groups in total. The van der Waals surface area contributed by atoms with Crippen molar-refractivity contribution in [2.24, 2.45) is 5.73 Å². The van der Waals surface area contributed by atoms with Gasteiger partial charge >= 0.3 is 0 Å². The molecule has 1 aromatic carbocycles. The van der Waals surface area contributed by atoms with E-state index in [0.29, 0.717) is 11.1 Å². The predicted octanol–water partition coefficient (Wildman–Crippen LogP) is 2.62. The van der Waals surface area contributed by atoms with Gasteiger partial charge in [0.2, 0.25) is 0 Å². The second-order valence-electron chi connectivity index (χ2n) is 4.11. The number of alkyl halides is 1. The zero-order chi connectivity index (χ0) is 10.9. The van der Waals surface area contributed by atoms with Crippen molar-refractivity contribution in [2.75, 3.05) is 0 Å². The molecule has 1 atom stereocenters. The lowest BCUT2D eigenvalue weighted by molar-refractivity contribution is 0.371. The van der Waals surface area contributed by atoms with E-state index in [2.05, 4.69) is 0 Å². The van der Waals surface area contributed by atoms with Crippen molar-refractivity contribution in [3.63, 3.8) is 0 Å². The van der Waals surface area contributed by atoms with Gasteiger partial charge in [-0.2, -0.15) is 0 Å². The maximum atomic E-state index is 13.0. The molecule has 3 heteroatoms. The van der Waals surface area contributed by atoms with E-state index in [1.165, 1.54) is 13.0 Å². The Morgan fingerprint density at radius 3 is 2.43 bits per heavy atom. The molecule has 0 saturated carbocycles. The van der Waals surface area contributed by atoms with Gasteiger partial charge in [0.1, 0.15) is 11.9 Å². The molecule has 1 unspecified atom stereocenters. The lowest BCUT2D eigenvalue weighted by atomic mass is 9.92. The molecule has 0 aliphatic heterocycles. The molecule has 14 heavy (non-hydrogen) atoms. The molecule has 0 aromatic heterocycles. The van der Waals surface area contributed by atoms with Crippen LogP contribution in [0.2, 0.25) is 0 Å². The highest BCUT2D eigenvalue weighted by molar-refractivity contribution is 5.40. The number of benzene rings is 1. The third-order valence-corrected chi connectivity index (χ3v) is 2.17. The minimum Gasteiger partial charge on any atom is -0.508 e. The average molecular weight is 197 g/mol. The zero-order valence-electron chi connectivity index (χ0n) is 8.71. The van der Waals surface area contributed by atoms with Gasteiger partial charge in [0, 0.05) is 11.1 Å². The quantitative estimate of drug-likeness (QED) is 0.765. The van der Waals surface area contributed by atoms with Crippen molar-refractivity contribution in [3.8, 4) is 5.75 Å². The van der Waals surface area contributed by atoms with Gasteiger partial charge in [0.25, 0.3) is 0 Å². The van der Waals surface area contributed by atoms with Crippen LogP contribution in [0.25, 0.3) is 0 Å². The number of hydrogen-bond acceptors (Lipinski definition) is 2. The summed E-state index contributed by atoms with van der Waals surface area (Å²) < 4.78 is 13.0. The predicted molar refractivity (Wildman–Crippen MR) is 54.8 cm³/mol. The number of rotatable bonds is 2. The zero-order valence-corrected chi connectivity index (χ0v) is 8.71. The van der Waals surface area contributed by atoms with Crippen LogP contribution in [-0.2, 0) is 5.54 Å². The minimum absolute atomic E-state index is 0.113. The van der Waals surface area contributed by atoms with Crippen LogP contribution in [0.1, 0.15) is 38.1 Å². The van der Waals surface area contributed by atoms with Gasteiger partial charge in [0.05, 0.1) is 0 Å². The van der Waals surface area contributed by atoms with Gasteiger partial charge in [0.15, 0.2) is 0 Å². The molecule has 0 heterocycles. The summed E-state index contributed by atoms with van der Waals surface area (Å²) in [6, 6.07) is 4.66. The van der Waals surface area contributed by atoms with Crippen LogP contribution in [0.5, 0.6) is 5.75 Å². The Bertz CT molecular complexity index is 329. The molecule has 0 aliphatic carbocycles. The van der Waals surface area contributed by atoms with Crippen LogP contribution in [0, 0.1) is 0 Å². The summed E-state index contributed by atoms with van der Waals surface area (Å²) in [7, 11) is 0. The topological polar surface area (TPSA) is 46.2 Å². The van der Waals surface area contributed by atoms with Crippen LogP contribution >= 0.6 is 0 Å². The van der Waals surface area contributed by atoms with E-state index in [-0.39, 0.29) is 5.75 Å². The monoisotopic (exact) mass is 197 g/mol. The first-order valence-corrected chi connectivity index (χ1v) is 4.58. The normalized spacial score (nSPS) is 14.1. The highest BCUT2D eigenvalue weighted by atomic mass is 19.1. The summed E-state index contributed by atoms with van der Waals surface area (Å²) in [5.41, 5.74) is 6.29. The van der Waals surface area contributed by atoms with Crippen molar-refractivity contribution in [1.82, 2.24) is 0 Å². The molecule has 78 valence electrons. The smallest absolute Gasteiger partial charge is 0.122 e. The van der Waals surface area contributed by atoms with E-state index in [0.717, 1.165) is 0 Å². The molecule has 0 bridgehead atoms. The first kappa shape index (κ1) is 11.0. The largest absolute Gasteiger partial charge is 0.508 e. The van der Waals surface area contributed by atoms with Crippen LogP contribution < -0.4 is 5.73 Å². The van der Waals surface area contributed by atoms with Gasteiger partial charge in [-0.1, -0.05) is 6.07 Å². The lowest BCUT2D eigenvalue weighted by Crippen LogP contribution is -2.28. The third-order valence-electron chi connectivity index (χ3n) is 2.17. The van der Waals surface area contributed by atoms with E-state index in [1.54, 1.807) is 26.0 Å². The van der Waals surface area contributed by atoms with Gasteiger partial charge in [-0.3, -0.25) is 0 Å². The van der Waals surface area contributed by atoms with Gasteiger partial charge in [-0.05, 0) is 38.5 Å². The van der Waals surface area contributed by atoms with Crippen LogP contribution in [-0.4, -0.2) is 5.11 Å². The Balaban J connectivity index is 3.22. The maximum absolute atomic E-state index is 13.0. The SMILES string of the molecule is CC(F)c1ccc(O)c(C(C)(C)N)c1. The summed E-state index contributed by atoms with van der Waals surface area (Å²) >= 11 is 0. The van der Waals surface area contributed by atoms with Crippen LogP contribution in [0.3, 0.4) is 0 Å². The number of nitrogens with two attached hydrogens (primary N) is 1. The van der Waals surface area contributed by atoms with Gasteiger partial charge in [-0.15, -0.1) is 0 Å². The van der Waals surface area contributed by atoms with Gasteiger partial charge < -0.3 is 10.8 Å². The van der Waals surface area contributed by atoms with Crippen molar-refractivity contribution in [2.45, 2.75) is 32.5 Å². The molecule has 0 radical (unpaired) electrons. The van der Waals surface area contributed by atoms with Crippen molar-refractivity contribution < 1.29 is 9.50 Å². The van der Waals surface area contributed by atoms with Crippen molar-refractivity contribution >= 4 is 0 Å². The highest BCUT2D eigenvalue weighted by Gasteiger charge is 2.19. The molecule has 2 nitrogen and oxygen atoms in total. The number of hydrogen-bond donors (Lipinski definition) is 2. The Morgan fingerprint density at radius 2 is 2.00 bits per heavy atom. The molecule has 0 fully saturated rings. The maximum Gasteiger partial charge on any atom is 0.122 e. The number of halogens is 1. The fraction of sp³-hybridized carbons (Fsp3) is 0.455. The van der Waals surface area contributed by atoms with Crippen molar-refractivity contribution in [1.29, 1.82) is 0 Å². The number of phenols is 1. The first-order chi connectivity index (χ1) is 6.32. The lowest BCUT2D eigenvalue weighted by Gasteiger charge is -2.21. The molecule has 0 amide bonds. The van der Waals surface area contributed by atoms with Gasteiger partial charge in [-0.25, -0.2) is 4.39 Å². The Labute approximate surface area is 83.6 Å². The number of aromatic hydroxyl groups is 1. The number of phenolic OH excluding ortho intramolecular Hbond substituents is 1. The fourth-order valence-electron chi connectivity index (χ4n) is 1.32. The molecule has 0 saturated heterocycles. The Morgan fingerprint density at radius 1 is 1.43 bits per heavy atom. The standard InChI is InChI=1S/C11H16FNO/c1-7(12)8-4-5-10(14)9(6-8)11(2,3)13/h4-7,14H,13H2,1-3H3. The second-order valence-corrected chi connectivity index (χ2v) is 4.11. The Hall–Kier alpha value is -1.09. The molecule has 0 aliphatic rings. The van der Waals surface area contributed by atoms with Crippen molar-refractivity contribution in [3.05, 3.63) is 29.3 Å². The van der Waals surface area contributed by atoms with E-state index < -0.39 is 11.7 Å². The van der Waals surface area contributed by atoms with Crippen LogP contribution in [0.4, 0.5) is 4.39 Å². The average Bonchev–Trinajstić information content (AvgIpc) is 2.02. The molecular formula is C11H16FNO. The summed E-state index contributed by atoms with van der Waals surface area (Å²) in [4.78, 5) is 0. The summed E-state index contributed by atoms with van der Waals surface area (Å²) in [5.74, 6) is 0.113. The van der Waals surface area contributed by atoms with Crippen LogP contribution in [0.15, 0.2) is 18.2 Å². The van der Waals surface area contributed by atoms with E-state index in [4.69, 9.17) is 5.73 Å². The first-order valence-electron chi connectivity index (χ1n) is 4.58. The molecular weight excluding hydrogens is 181 g/mol. The highest BCUT2D eigenvalue weighted by Crippen LogP contribution is 2.30. The fourth-order valence-corrected chi connectivity index (χ4v) is 1.32.